The van der Waals surface area contributed by atoms with Crippen molar-refractivity contribution in [2.75, 3.05) is 40.8 Å². The molecule has 22 heavy (non-hydrogen) atoms. The zero-order valence-electron chi connectivity index (χ0n) is 15.6. The Bertz CT molecular complexity index is 350. The van der Waals surface area contributed by atoms with E-state index in [4.69, 9.17) is 4.74 Å². The van der Waals surface area contributed by atoms with Crippen LogP contribution in [0, 0.1) is 0 Å². The van der Waals surface area contributed by atoms with E-state index in [2.05, 4.69) is 45.2 Å². The molecular weight excluding hydrogens is 278 g/mol. The fourth-order valence-electron chi connectivity index (χ4n) is 2.74. The summed E-state index contributed by atoms with van der Waals surface area (Å²) in [6.45, 7) is 11.5. The first kappa shape index (κ1) is 19.4. The molecule has 0 amide bonds. The van der Waals surface area contributed by atoms with Crippen molar-refractivity contribution < 1.29 is 14.0 Å². The minimum atomic E-state index is -0.125. The van der Waals surface area contributed by atoms with E-state index >= 15 is 0 Å². The topological polar surface area (TPSA) is 41.6 Å². The Morgan fingerprint density at radius 1 is 1.23 bits per heavy atom. The first-order chi connectivity index (χ1) is 10.1. The number of rotatable bonds is 8. The van der Waals surface area contributed by atoms with Crippen molar-refractivity contribution in [2.45, 2.75) is 64.8 Å². The molecule has 1 fully saturated rings. The summed E-state index contributed by atoms with van der Waals surface area (Å²) in [6.07, 6.45) is 1.90. The molecule has 1 rings (SSSR count). The SMILES string of the molecule is CC(C)OC(=O)C1CCC(CN(CC[N+](C)(C)C)C(C)C)N1. The molecule has 0 aliphatic carbocycles. The lowest BCUT2D eigenvalue weighted by Gasteiger charge is -2.33. The summed E-state index contributed by atoms with van der Waals surface area (Å²) in [5, 5.41) is 3.46. The number of likely N-dealkylation sites (N-methyl/N-ethyl adjacent to an activating group) is 1. The van der Waals surface area contributed by atoms with Crippen LogP contribution in [-0.2, 0) is 9.53 Å². The van der Waals surface area contributed by atoms with Gasteiger partial charge in [-0.3, -0.25) is 9.69 Å². The molecule has 0 bridgehead atoms. The molecule has 1 heterocycles. The zero-order valence-corrected chi connectivity index (χ0v) is 15.6. The second-order valence-electron chi connectivity index (χ2n) is 8.08. The maximum Gasteiger partial charge on any atom is 0.323 e. The van der Waals surface area contributed by atoms with Gasteiger partial charge in [0.2, 0.25) is 0 Å². The number of quaternary nitrogens is 1. The lowest BCUT2D eigenvalue weighted by Crippen LogP contribution is -2.49. The van der Waals surface area contributed by atoms with Crippen molar-refractivity contribution in [2.24, 2.45) is 0 Å². The number of carbonyl (C=O) groups excluding carboxylic acids is 1. The summed E-state index contributed by atoms with van der Waals surface area (Å²) >= 11 is 0. The fraction of sp³-hybridized carbons (Fsp3) is 0.941. The fourth-order valence-corrected chi connectivity index (χ4v) is 2.74. The van der Waals surface area contributed by atoms with Gasteiger partial charge in [0.25, 0.3) is 0 Å². The molecular formula is C17H36N3O2+. The molecule has 0 aromatic carbocycles. The van der Waals surface area contributed by atoms with Gasteiger partial charge in [0.15, 0.2) is 0 Å². The highest BCUT2D eigenvalue weighted by atomic mass is 16.5. The molecule has 1 N–H and O–H groups in total. The van der Waals surface area contributed by atoms with Gasteiger partial charge < -0.3 is 14.5 Å². The number of nitrogens with zero attached hydrogens (tertiary/aromatic N) is 2. The minimum absolute atomic E-state index is 0.0370. The normalized spacial score (nSPS) is 22.8. The highest BCUT2D eigenvalue weighted by Gasteiger charge is 2.32. The van der Waals surface area contributed by atoms with Crippen LogP contribution in [0.15, 0.2) is 0 Å². The summed E-state index contributed by atoms with van der Waals surface area (Å²) in [7, 11) is 6.68. The monoisotopic (exact) mass is 314 g/mol. The van der Waals surface area contributed by atoms with Crippen LogP contribution in [0.2, 0.25) is 0 Å². The average molecular weight is 314 g/mol. The second kappa shape index (κ2) is 8.27. The van der Waals surface area contributed by atoms with Crippen molar-refractivity contribution in [1.29, 1.82) is 0 Å². The standard InChI is InChI=1S/C17H36N3O2/c1-13(2)19(10-11-20(5,6)7)12-15-8-9-16(18-15)17(21)22-14(3)4/h13-16,18H,8-12H2,1-7H3/q+1. The highest BCUT2D eigenvalue weighted by Crippen LogP contribution is 2.16. The Balaban J connectivity index is 2.46. The molecule has 2 atom stereocenters. The van der Waals surface area contributed by atoms with Crippen molar-refractivity contribution in [3.05, 3.63) is 0 Å². The summed E-state index contributed by atoms with van der Waals surface area (Å²) < 4.78 is 6.29. The van der Waals surface area contributed by atoms with Gasteiger partial charge in [-0.05, 0) is 40.5 Å². The van der Waals surface area contributed by atoms with Crippen LogP contribution in [0.4, 0.5) is 0 Å². The summed E-state index contributed by atoms with van der Waals surface area (Å²) in [5.41, 5.74) is 0. The van der Waals surface area contributed by atoms with Crippen LogP contribution in [0.1, 0.15) is 40.5 Å². The average Bonchev–Trinajstić information content (AvgIpc) is 2.80. The first-order valence-corrected chi connectivity index (χ1v) is 8.59. The van der Waals surface area contributed by atoms with Crippen LogP contribution < -0.4 is 5.32 Å². The number of hydrogen-bond acceptors (Lipinski definition) is 4. The van der Waals surface area contributed by atoms with Gasteiger partial charge in [-0.1, -0.05) is 0 Å². The number of ether oxygens (including phenoxy) is 1. The Kier molecular flexibility index (Phi) is 7.29. The predicted octanol–water partition coefficient (Wildman–Crippen LogP) is 1.48. The Morgan fingerprint density at radius 2 is 1.86 bits per heavy atom. The van der Waals surface area contributed by atoms with Crippen molar-refractivity contribution >= 4 is 5.97 Å². The Labute approximate surface area is 136 Å². The minimum Gasteiger partial charge on any atom is -0.462 e. The molecule has 1 saturated heterocycles. The summed E-state index contributed by atoms with van der Waals surface area (Å²) in [5.74, 6) is -0.0973. The van der Waals surface area contributed by atoms with Crippen LogP contribution in [-0.4, -0.2) is 80.4 Å². The number of hydrogen-bond donors (Lipinski definition) is 1. The van der Waals surface area contributed by atoms with Crippen molar-refractivity contribution in [3.63, 3.8) is 0 Å². The van der Waals surface area contributed by atoms with Crippen LogP contribution in [0.5, 0.6) is 0 Å². The molecule has 2 unspecified atom stereocenters. The highest BCUT2D eigenvalue weighted by molar-refractivity contribution is 5.76. The lowest BCUT2D eigenvalue weighted by atomic mass is 10.1. The van der Waals surface area contributed by atoms with E-state index in [9.17, 15) is 4.79 Å². The van der Waals surface area contributed by atoms with E-state index in [1.54, 1.807) is 0 Å². The first-order valence-electron chi connectivity index (χ1n) is 8.59. The molecule has 5 heteroatoms. The van der Waals surface area contributed by atoms with Crippen molar-refractivity contribution in [3.8, 4) is 0 Å². The van der Waals surface area contributed by atoms with Crippen molar-refractivity contribution in [1.82, 2.24) is 10.2 Å². The third-order valence-electron chi connectivity index (χ3n) is 4.12. The summed E-state index contributed by atoms with van der Waals surface area (Å²) in [6, 6.07) is 0.786. The quantitative estimate of drug-likeness (QED) is 0.544. The number of esters is 1. The van der Waals surface area contributed by atoms with E-state index in [1.165, 1.54) is 0 Å². The van der Waals surface area contributed by atoms with E-state index in [0.717, 1.165) is 37.0 Å². The molecule has 0 radical (unpaired) electrons. The number of nitrogens with one attached hydrogen (secondary N) is 1. The summed E-state index contributed by atoms with van der Waals surface area (Å²) in [4.78, 5) is 14.5. The van der Waals surface area contributed by atoms with Crippen LogP contribution >= 0.6 is 0 Å². The van der Waals surface area contributed by atoms with Gasteiger partial charge in [-0.25, -0.2) is 0 Å². The largest absolute Gasteiger partial charge is 0.462 e. The van der Waals surface area contributed by atoms with Crippen LogP contribution in [0.25, 0.3) is 0 Å². The van der Waals surface area contributed by atoms with E-state index in [-0.39, 0.29) is 18.1 Å². The molecule has 0 aromatic rings. The van der Waals surface area contributed by atoms with Crippen LogP contribution in [0.3, 0.4) is 0 Å². The van der Waals surface area contributed by atoms with E-state index in [0.29, 0.717) is 12.1 Å². The smallest absolute Gasteiger partial charge is 0.323 e. The maximum absolute atomic E-state index is 12.0. The van der Waals surface area contributed by atoms with Gasteiger partial charge in [0.1, 0.15) is 6.04 Å². The lowest BCUT2D eigenvalue weighted by molar-refractivity contribution is -0.869. The van der Waals surface area contributed by atoms with E-state index < -0.39 is 0 Å². The molecule has 0 spiro atoms. The van der Waals surface area contributed by atoms with Gasteiger partial charge in [-0.2, -0.15) is 0 Å². The maximum atomic E-state index is 12.0. The Morgan fingerprint density at radius 3 is 2.36 bits per heavy atom. The second-order valence-corrected chi connectivity index (χ2v) is 8.08. The number of carbonyl (C=O) groups is 1. The van der Waals surface area contributed by atoms with E-state index in [1.807, 2.05) is 13.8 Å². The van der Waals surface area contributed by atoms with Gasteiger partial charge in [0, 0.05) is 25.2 Å². The zero-order chi connectivity index (χ0) is 16.9. The van der Waals surface area contributed by atoms with Gasteiger partial charge >= 0.3 is 5.97 Å². The van der Waals surface area contributed by atoms with Gasteiger partial charge in [0.05, 0.1) is 33.8 Å². The molecule has 1 aliphatic heterocycles. The molecule has 0 aromatic heterocycles. The molecule has 0 saturated carbocycles. The molecule has 130 valence electrons. The predicted molar refractivity (Wildman–Crippen MR) is 90.8 cm³/mol. The Hall–Kier alpha value is -0.650. The molecule has 5 nitrogen and oxygen atoms in total. The molecule has 1 aliphatic rings. The van der Waals surface area contributed by atoms with Gasteiger partial charge in [-0.15, -0.1) is 0 Å². The third kappa shape index (κ3) is 7.07. The third-order valence-corrected chi connectivity index (χ3v) is 4.12.